The average Bonchev–Trinajstić information content (AvgIpc) is 3.28. The zero-order valence-electron chi connectivity index (χ0n) is 37.7. The van der Waals surface area contributed by atoms with E-state index in [4.69, 9.17) is 47.4 Å². The second-order valence-corrected chi connectivity index (χ2v) is 14.6. The predicted octanol–water partition coefficient (Wildman–Crippen LogP) is 8.63. The summed E-state index contributed by atoms with van der Waals surface area (Å²) in [5.74, 6) is -14.3. The molecular weight excluding hydrogens is 843 g/mol. The molecule has 0 spiro atoms. The molecule has 18 heteroatoms. The van der Waals surface area contributed by atoms with Crippen molar-refractivity contribution in [1.82, 2.24) is 0 Å². The fourth-order valence-electron chi connectivity index (χ4n) is 5.78. The average molecular weight is 919 g/mol. The number of hydrogen-bond acceptors (Lipinski definition) is 13. The second kappa shape index (κ2) is 43.3. The first kappa shape index (κ1) is 58.5. The molecule has 368 valence electrons. The molecular formula is C45H75F5O13. The van der Waals surface area contributed by atoms with Gasteiger partial charge in [-0.2, -0.15) is 8.78 Å². The van der Waals surface area contributed by atoms with Gasteiger partial charge in [-0.15, -0.1) is 0 Å². The number of unbranched alkanes of at least 4 members (excludes halogenated alkanes) is 14. The quantitative estimate of drug-likeness (QED) is 0.0154. The molecule has 63 heavy (non-hydrogen) atoms. The molecule has 0 aliphatic carbocycles. The molecule has 1 rings (SSSR count). The van der Waals surface area contributed by atoms with Gasteiger partial charge in [0.05, 0.1) is 125 Å². The summed E-state index contributed by atoms with van der Waals surface area (Å²) in [5, 5.41) is 0. The highest BCUT2D eigenvalue weighted by Crippen LogP contribution is 2.29. The first-order valence-electron chi connectivity index (χ1n) is 22.9. The molecule has 1 aromatic carbocycles. The van der Waals surface area contributed by atoms with E-state index in [1.165, 1.54) is 83.5 Å². The number of rotatable bonds is 47. The Morgan fingerprint density at radius 3 is 0.921 bits per heavy atom. The van der Waals surface area contributed by atoms with Gasteiger partial charge >= 0.3 is 11.9 Å². The number of benzene rings is 1. The Morgan fingerprint density at radius 1 is 0.317 bits per heavy atom. The zero-order chi connectivity index (χ0) is 45.9. The fraction of sp³-hybridized carbons (Fsp3) is 0.822. The van der Waals surface area contributed by atoms with Crippen molar-refractivity contribution in [1.29, 1.82) is 0 Å². The lowest BCUT2D eigenvalue weighted by Gasteiger charge is -2.09. The van der Waals surface area contributed by atoms with E-state index in [1.54, 1.807) is 0 Å². The summed E-state index contributed by atoms with van der Waals surface area (Å²) in [6.45, 7) is 8.45. The topological polar surface area (TPSA) is 136 Å². The van der Waals surface area contributed by atoms with Crippen molar-refractivity contribution in [3.8, 4) is 5.75 Å². The van der Waals surface area contributed by atoms with Crippen molar-refractivity contribution in [3.63, 3.8) is 0 Å². The highest BCUT2D eigenvalue weighted by atomic mass is 19.2. The van der Waals surface area contributed by atoms with Crippen molar-refractivity contribution in [2.24, 2.45) is 0 Å². The van der Waals surface area contributed by atoms with Crippen molar-refractivity contribution in [2.75, 3.05) is 126 Å². The van der Waals surface area contributed by atoms with Gasteiger partial charge in [-0.1, -0.05) is 96.8 Å². The molecule has 0 saturated heterocycles. The van der Waals surface area contributed by atoms with Crippen LogP contribution in [0, 0.1) is 29.1 Å². The van der Waals surface area contributed by atoms with Crippen LogP contribution in [0.15, 0.2) is 0 Å². The summed E-state index contributed by atoms with van der Waals surface area (Å²) in [4.78, 5) is 23.6. The van der Waals surface area contributed by atoms with Gasteiger partial charge in [-0.25, -0.2) is 13.2 Å². The molecule has 0 N–H and O–H groups in total. The number of ether oxygens (including phenoxy) is 11. The molecule has 0 aliphatic heterocycles. The highest BCUT2D eigenvalue weighted by Gasteiger charge is 2.28. The fourth-order valence-corrected chi connectivity index (χ4v) is 5.78. The molecule has 0 atom stereocenters. The largest absolute Gasteiger partial charge is 0.463 e. The Labute approximate surface area is 371 Å². The Balaban J connectivity index is 1.71. The summed E-state index contributed by atoms with van der Waals surface area (Å²) in [6.07, 6.45) is 19.4. The Hall–Kier alpha value is -2.55. The van der Waals surface area contributed by atoms with Crippen LogP contribution in [0.4, 0.5) is 22.0 Å². The van der Waals surface area contributed by atoms with Crippen LogP contribution in [0.25, 0.3) is 0 Å². The third-order valence-electron chi connectivity index (χ3n) is 9.29. The maximum absolute atomic E-state index is 13.6. The summed E-state index contributed by atoms with van der Waals surface area (Å²) < 4.78 is 125. The van der Waals surface area contributed by atoms with E-state index in [0.717, 1.165) is 12.8 Å². The molecule has 0 fully saturated rings. The van der Waals surface area contributed by atoms with Crippen LogP contribution < -0.4 is 4.74 Å². The van der Waals surface area contributed by atoms with Crippen molar-refractivity contribution < 1.29 is 83.6 Å². The standard InChI is InChI=1S/C45H75F5O13/c1-2-3-4-5-6-7-8-9-10-11-12-13-14-15-16-17-38(51)62-37-36-61-35-34-60-33-32-59-31-30-58-29-28-57-27-26-56-25-24-55-23-22-54-21-20-53-19-18-39(52)63-45-43(49)41(47)40(46)42(48)44(45)50/h2-37H2,1H3. The van der Waals surface area contributed by atoms with E-state index in [9.17, 15) is 31.5 Å². The minimum absolute atomic E-state index is 0.0772. The van der Waals surface area contributed by atoms with Gasteiger partial charge in [0.1, 0.15) is 6.61 Å². The van der Waals surface area contributed by atoms with Gasteiger partial charge in [0.25, 0.3) is 0 Å². The van der Waals surface area contributed by atoms with E-state index < -0.39 is 47.2 Å². The third-order valence-corrected chi connectivity index (χ3v) is 9.29. The molecule has 0 unspecified atom stereocenters. The number of esters is 2. The van der Waals surface area contributed by atoms with Gasteiger partial charge in [-0.05, 0) is 6.42 Å². The van der Waals surface area contributed by atoms with Crippen LogP contribution in [-0.4, -0.2) is 137 Å². The molecule has 0 amide bonds. The van der Waals surface area contributed by atoms with E-state index in [-0.39, 0.29) is 39.0 Å². The normalized spacial score (nSPS) is 11.5. The summed E-state index contributed by atoms with van der Waals surface area (Å²) in [7, 11) is 0. The van der Waals surface area contributed by atoms with E-state index in [1.807, 2.05) is 0 Å². The lowest BCUT2D eigenvalue weighted by molar-refractivity contribution is -0.145. The van der Waals surface area contributed by atoms with Crippen LogP contribution >= 0.6 is 0 Å². The minimum atomic E-state index is -2.35. The molecule has 0 bridgehead atoms. The molecule has 13 nitrogen and oxygen atoms in total. The molecule has 0 saturated carbocycles. The van der Waals surface area contributed by atoms with Crippen LogP contribution in [0.1, 0.15) is 116 Å². The third kappa shape index (κ3) is 34.5. The van der Waals surface area contributed by atoms with Crippen molar-refractivity contribution in [2.45, 2.75) is 116 Å². The van der Waals surface area contributed by atoms with Crippen LogP contribution in [-0.2, 0) is 57.0 Å². The van der Waals surface area contributed by atoms with E-state index in [0.29, 0.717) is 98.9 Å². The summed E-state index contributed by atoms with van der Waals surface area (Å²) in [5.41, 5.74) is 0. The van der Waals surface area contributed by atoms with Gasteiger partial charge in [0.15, 0.2) is 0 Å². The lowest BCUT2D eigenvalue weighted by atomic mass is 10.0. The Morgan fingerprint density at radius 2 is 0.587 bits per heavy atom. The maximum atomic E-state index is 13.6. The molecule has 0 radical (unpaired) electrons. The smallest absolute Gasteiger partial charge is 0.313 e. The number of halogens is 5. The first-order chi connectivity index (χ1) is 30.8. The monoisotopic (exact) mass is 919 g/mol. The molecule has 0 aliphatic rings. The van der Waals surface area contributed by atoms with Gasteiger partial charge in [0.2, 0.25) is 34.8 Å². The minimum Gasteiger partial charge on any atom is -0.463 e. The van der Waals surface area contributed by atoms with Crippen LogP contribution in [0.2, 0.25) is 0 Å². The van der Waals surface area contributed by atoms with Gasteiger partial charge in [0, 0.05) is 6.42 Å². The highest BCUT2D eigenvalue weighted by molar-refractivity contribution is 5.72. The van der Waals surface area contributed by atoms with E-state index >= 15 is 0 Å². The Bertz CT molecular complexity index is 1220. The van der Waals surface area contributed by atoms with E-state index in [2.05, 4.69) is 11.7 Å². The van der Waals surface area contributed by atoms with Crippen LogP contribution in [0.5, 0.6) is 5.75 Å². The molecule has 0 heterocycles. The Kier molecular flexibility index (Phi) is 40.2. The summed E-state index contributed by atoms with van der Waals surface area (Å²) in [6, 6.07) is 0. The predicted molar refractivity (Wildman–Crippen MR) is 224 cm³/mol. The SMILES string of the molecule is CCCCCCCCCCCCCCCCCC(=O)OCCOCCOCCOCCOCCOCCOCCOCCOCCOCCC(=O)Oc1c(F)c(F)c(F)c(F)c1F. The zero-order valence-corrected chi connectivity index (χ0v) is 37.7. The number of hydrogen-bond donors (Lipinski definition) is 0. The maximum Gasteiger partial charge on any atom is 0.313 e. The molecule has 0 aromatic heterocycles. The van der Waals surface area contributed by atoms with Gasteiger partial charge < -0.3 is 52.1 Å². The molecule has 1 aromatic rings. The second-order valence-electron chi connectivity index (χ2n) is 14.6. The van der Waals surface area contributed by atoms with Crippen molar-refractivity contribution >= 4 is 11.9 Å². The van der Waals surface area contributed by atoms with Crippen molar-refractivity contribution in [3.05, 3.63) is 29.1 Å². The lowest BCUT2D eigenvalue weighted by Crippen LogP contribution is -2.16. The van der Waals surface area contributed by atoms with Gasteiger partial charge in [-0.3, -0.25) is 9.59 Å². The number of carbonyl (C=O) groups excluding carboxylic acids is 2. The van der Waals surface area contributed by atoms with Crippen LogP contribution in [0.3, 0.4) is 0 Å². The summed E-state index contributed by atoms with van der Waals surface area (Å²) >= 11 is 0. The first-order valence-corrected chi connectivity index (χ1v) is 22.9. The number of carbonyl (C=O) groups is 2.